The summed E-state index contributed by atoms with van der Waals surface area (Å²) >= 11 is 1.74. The molecule has 5 heterocycles. The molecule has 13 heteroatoms. The van der Waals surface area contributed by atoms with Gasteiger partial charge in [-0.3, -0.25) is 9.69 Å². The van der Waals surface area contributed by atoms with Crippen LogP contribution in [0.25, 0.3) is 53.6 Å². The van der Waals surface area contributed by atoms with Crippen molar-refractivity contribution in [3.63, 3.8) is 0 Å². The highest BCUT2D eigenvalue weighted by atomic mass is 32.1. The van der Waals surface area contributed by atoms with E-state index in [1.54, 1.807) is 17.5 Å². The van der Waals surface area contributed by atoms with Gasteiger partial charge in [0.25, 0.3) is 0 Å². The summed E-state index contributed by atoms with van der Waals surface area (Å²) in [6.07, 6.45) is 3.51. The minimum Gasteiger partial charge on any atom is -0.465 e. The fourth-order valence-electron chi connectivity index (χ4n) is 7.62. The van der Waals surface area contributed by atoms with E-state index in [9.17, 15) is 19.5 Å². The molecule has 8 rings (SSSR count). The summed E-state index contributed by atoms with van der Waals surface area (Å²) in [4.78, 5) is 56.9. The van der Waals surface area contributed by atoms with Gasteiger partial charge in [0, 0.05) is 38.8 Å². The minimum atomic E-state index is -0.910. The number of methoxy groups -OCH3 is 1. The fourth-order valence-corrected chi connectivity index (χ4v) is 8.80. The van der Waals surface area contributed by atoms with Crippen molar-refractivity contribution in [3.05, 3.63) is 72.4 Å². The summed E-state index contributed by atoms with van der Waals surface area (Å²) in [5.41, 5.74) is 5.77. The number of ether oxygens (including phenoxy) is 1. The number of carbonyl (C=O) groups excluding carboxylic acids is 2. The summed E-state index contributed by atoms with van der Waals surface area (Å²) in [6.45, 7) is 4.95. The van der Waals surface area contributed by atoms with E-state index in [0.717, 1.165) is 69.6 Å². The van der Waals surface area contributed by atoms with E-state index in [4.69, 9.17) is 9.72 Å². The molecule has 2 fully saturated rings. The third-order valence-electron chi connectivity index (χ3n) is 10.3. The molecule has 0 radical (unpaired) electrons. The number of carboxylic acid groups (broad SMARTS) is 1. The highest BCUT2D eigenvalue weighted by Crippen LogP contribution is 2.40. The summed E-state index contributed by atoms with van der Waals surface area (Å²) in [7, 11) is 1.30. The minimum absolute atomic E-state index is 0.101. The molecule has 2 aliphatic heterocycles. The monoisotopic (exact) mass is 705 g/mol. The summed E-state index contributed by atoms with van der Waals surface area (Å²) in [5, 5.41) is 14.7. The quantitative estimate of drug-likeness (QED) is 0.132. The van der Waals surface area contributed by atoms with E-state index in [1.165, 1.54) is 27.5 Å². The Morgan fingerprint density at radius 1 is 0.882 bits per heavy atom. The number of hydrogen-bond donors (Lipinski definition) is 4. The maximum atomic E-state index is 13.6. The van der Waals surface area contributed by atoms with E-state index in [2.05, 4.69) is 68.8 Å². The van der Waals surface area contributed by atoms with Gasteiger partial charge in [-0.2, -0.15) is 0 Å². The van der Waals surface area contributed by atoms with Gasteiger partial charge in [0.2, 0.25) is 5.91 Å². The van der Waals surface area contributed by atoms with Gasteiger partial charge in [-0.15, -0.1) is 11.3 Å². The van der Waals surface area contributed by atoms with Crippen LogP contribution in [0, 0.1) is 5.92 Å². The van der Waals surface area contributed by atoms with Crippen molar-refractivity contribution < 1.29 is 24.2 Å². The highest BCUT2D eigenvalue weighted by molar-refractivity contribution is 7.25. The van der Waals surface area contributed by atoms with Crippen LogP contribution in [0.5, 0.6) is 0 Å². The third-order valence-corrected chi connectivity index (χ3v) is 11.4. The lowest BCUT2D eigenvalue weighted by molar-refractivity contribution is -0.135. The van der Waals surface area contributed by atoms with Gasteiger partial charge < -0.3 is 30.0 Å². The first-order valence-corrected chi connectivity index (χ1v) is 18.2. The Hall–Kier alpha value is -5.43. The molecule has 0 spiro atoms. The van der Waals surface area contributed by atoms with Crippen molar-refractivity contribution in [2.45, 2.75) is 57.7 Å². The Morgan fingerprint density at radius 3 is 2.24 bits per heavy atom. The lowest BCUT2D eigenvalue weighted by Gasteiger charge is -2.29. The van der Waals surface area contributed by atoms with Crippen LogP contribution in [0.1, 0.15) is 63.3 Å². The number of nitrogens with zero attached hydrogens (tertiary/aromatic N) is 4. The Kier molecular flexibility index (Phi) is 8.37. The third kappa shape index (κ3) is 5.94. The number of imidazole rings is 2. The molecule has 3 amide bonds. The second-order valence-corrected chi connectivity index (χ2v) is 14.8. The predicted octanol–water partition coefficient (Wildman–Crippen LogP) is 7.85. The number of aromatic nitrogens is 4. The van der Waals surface area contributed by atoms with E-state index < -0.39 is 18.2 Å². The standard InChI is InChI=1S/C38H39N7O5S/c1-20(2)33(43-37(47)50-3)36(46)44-14-4-7-30(44)35-40-26-13-10-21(16-27(26)41-35)22-8-11-24-25-12-9-23(18-32(25)51-31(24)17-22)28-19-39-34(42-28)29-6-5-15-45(29)38(48)49/h8-13,16-20,29-30,33H,4-7,14-15H2,1-3H3,(H,39,42)(H,40,41)(H,43,47)(H,48,49)/t29?,30-,33-/m0/s1. The zero-order chi connectivity index (χ0) is 35.4. The predicted molar refractivity (Wildman–Crippen MR) is 197 cm³/mol. The zero-order valence-corrected chi connectivity index (χ0v) is 29.4. The smallest absolute Gasteiger partial charge is 0.407 e. The molecule has 2 aliphatic rings. The van der Waals surface area contributed by atoms with Gasteiger partial charge in [0.1, 0.15) is 17.7 Å². The number of likely N-dealkylation sites (tertiary alicyclic amines) is 2. The Bertz CT molecular complexity index is 2310. The number of aromatic amines is 2. The van der Waals surface area contributed by atoms with Crippen LogP contribution in [-0.2, 0) is 9.53 Å². The van der Waals surface area contributed by atoms with Crippen LogP contribution in [0.15, 0.2) is 60.8 Å². The molecule has 3 aromatic heterocycles. The number of rotatable bonds is 7. The Labute approximate surface area is 297 Å². The van der Waals surface area contributed by atoms with E-state index in [0.29, 0.717) is 18.9 Å². The maximum Gasteiger partial charge on any atom is 0.407 e. The average Bonchev–Trinajstić information content (AvgIpc) is 3.96. The SMILES string of the molecule is COC(=O)N[C@H](C(=O)N1CCC[C@H]1c1nc2ccc(-c3ccc4c(c3)sc3cc(-c5cnc(C6CCCN6C(=O)O)[nH]5)ccc34)cc2[nH]1)C(C)C. The first-order valence-electron chi connectivity index (χ1n) is 17.3. The van der Waals surface area contributed by atoms with E-state index in [1.807, 2.05) is 24.8 Å². The van der Waals surface area contributed by atoms with Gasteiger partial charge in [0.15, 0.2) is 0 Å². The molecular formula is C38H39N7O5S. The van der Waals surface area contributed by atoms with Crippen LogP contribution in [-0.4, -0.2) is 79.2 Å². The molecule has 12 nitrogen and oxygen atoms in total. The van der Waals surface area contributed by atoms with Gasteiger partial charge in [-0.05, 0) is 67.0 Å². The summed E-state index contributed by atoms with van der Waals surface area (Å²) in [6, 6.07) is 18.0. The van der Waals surface area contributed by atoms with Gasteiger partial charge >= 0.3 is 12.2 Å². The molecule has 51 heavy (non-hydrogen) atoms. The molecule has 0 saturated carbocycles. The second kappa shape index (κ2) is 13.0. The molecule has 2 saturated heterocycles. The normalized spacial score (nSPS) is 18.4. The molecule has 262 valence electrons. The van der Waals surface area contributed by atoms with Gasteiger partial charge in [-0.1, -0.05) is 44.2 Å². The number of amides is 3. The van der Waals surface area contributed by atoms with Crippen LogP contribution >= 0.6 is 11.3 Å². The van der Waals surface area contributed by atoms with Crippen LogP contribution in [0.3, 0.4) is 0 Å². The van der Waals surface area contributed by atoms with Crippen molar-refractivity contribution in [1.82, 2.24) is 35.1 Å². The topological polar surface area (TPSA) is 157 Å². The van der Waals surface area contributed by atoms with Crippen molar-refractivity contribution >= 4 is 60.6 Å². The first kappa shape index (κ1) is 32.8. The number of nitrogens with one attached hydrogen (secondary N) is 3. The molecule has 3 atom stereocenters. The number of alkyl carbamates (subject to hydrolysis) is 1. The number of thiophene rings is 1. The number of benzene rings is 3. The lowest BCUT2D eigenvalue weighted by atomic mass is 10.0. The largest absolute Gasteiger partial charge is 0.465 e. The number of fused-ring (bicyclic) bond motifs is 4. The molecule has 6 aromatic rings. The fraction of sp³-hybridized carbons (Fsp3) is 0.342. The van der Waals surface area contributed by atoms with Gasteiger partial charge in [0.05, 0.1) is 42.1 Å². The van der Waals surface area contributed by atoms with E-state index in [-0.39, 0.29) is 23.9 Å². The average molecular weight is 706 g/mol. The highest BCUT2D eigenvalue weighted by Gasteiger charge is 2.37. The van der Waals surface area contributed by atoms with Gasteiger partial charge in [-0.25, -0.2) is 19.6 Å². The Morgan fingerprint density at radius 2 is 1.53 bits per heavy atom. The summed E-state index contributed by atoms with van der Waals surface area (Å²) in [5.74, 6) is 1.20. The zero-order valence-electron chi connectivity index (χ0n) is 28.6. The van der Waals surface area contributed by atoms with Crippen molar-refractivity contribution in [1.29, 1.82) is 0 Å². The lowest BCUT2D eigenvalue weighted by Crippen LogP contribution is -2.51. The maximum absolute atomic E-state index is 13.6. The first-order chi connectivity index (χ1) is 24.7. The summed E-state index contributed by atoms with van der Waals surface area (Å²) < 4.78 is 7.11. The van der Waals surface area contributed by atoms with Crippen LogP contribution in [0.2, 0.25) is 0 Å². The molecule has 0 bridgehead atoms. The molecule has 4 N–H and O–H groups in total. The van der Waals surface area contributed by atoms with Crippen molar-refractivity contribution in [2.75, 3.05) is 20.2 Å². The van der Waals surface area contributed by atoms with Crippen LogP contribution in [0.4, 0.5) is 9.59 Å². The van der Waals surface area contributed by atoms with E-state index >= 15 is 0 Å². The Balaban J connectivity index is 1.04. The number of H-pyrrole nitrogens is 2. The second-order valence-electron chi connectivity index (χ2n) is 13.7. The van der Waals surface area contributed by atoms with Crippen molar-refractivity contribution in [3.8, 4) is 22.4 Å². The molecular weight excluding hydrogens is 667 g/mol. The molecule has 3 aromatic carbocycles. The molecule has 0 aliphatic carbocycles. The van der Waals surface area contributed by atoms with Crippen molar-refractivity contribution in [2.24, 2.45) is 5.92 Å². The number of hydrogen-bond acceptors (Lipinski definition) is 7. The molecule has 1 unspecified atom stereocenters. The number of carbonyl (C=O) groups is 3. The van der Waals surface area contributed by atoms with Crippen LogP contribution < -0.4 is 5.32 Å².